The highest BCUT2D eigenvalue weighted by Gasteiger charge is 2.11. The maximum atomic E-state index is 6.02. The third-order valence-corrected chi connectivity index (χ3v) is 3.55. The largest absolute Gasteiger partial charge is 0.398 e. The van der Waals surface area contributed by atoms with E-state index in [0.29, 0.717) is 15.7 Å². The molecule has 3 nitrogen and oxygen atoms in total. The summed E-state index contributed by atoms with van der Waals surface area (Å²) in [7, 11) is 0. The van der Waals surface area contributed by atoms with Crippen LogP contribution in [0.1, 0.15) is 0 Å². The predicted molar refractivity (Wildman–Crippen MR) is 76.0 cm³/mol. The predicted octanol–water partition coefficient (Wildman–Crippen LogP) is 4.12. The van der Waals surface area contributed by atoms with Crippen molar-refractivity contribution in [2.45, 2.75) is 0 Å². The number of nitrogens with zero attached hydrogens (tertiary/aromatic N) is 1. The smallest absolute Gasteiger partial charge is 0.102 e. The summed E-state index contributed by atoms with van der Waals surface area (Å²) in [6.45, 7) is 0. The van der Waals surface area contributed by atoms with E-state index in [4.69, 9.17) is 28.9 Å². The molecule has 90 valence electrons. The van der Waals surface area contributed by atoms with Crippen LogP contribution in [-0.4, -0.2) is 10.2 Å². The van der Waals surface area contributed by atoms with Crippen molar-refractivity contribution in [2.75, 3.05) is 5.73 Å². The highest BCUT2D eigenvalue weighted by atomic mass is 35.5. The van der Waals surface area contributed by atoms with Crippen LogP contribution in [0.4, 0.5) is 5.69 Å². The molecule has 0 aliphatic carbocycles. The van der Waals surface area contributed by atoms with Crippen LogP contribution in [0, 0.1) is 0 Å². The van der Waals surface area contributed by atoms with Crippen molar-refractivity contribution in [3.8, 4) is 11.3 Å². The van der Waals surface area contributed by atoms with Gasteiger partial charge in [0.25, 0.3) is 0 Å². The molecule has 0 radical (unpaired) electrons. The maximum Gasteiger partial charge on any atom is 0.102 e. The quantitative estimate of drug-likeness (QED) is 0.658. The summed E-state index contributed by atoms with van der Waals surface area (Å²) >= 11 is 11.9. The second kappa shape index (κ2) is 4.19. The molecule has 0 spiro atoms. The van der Waals surface area contributed by atoms with Gasteiger partial charge in [0, 0.05) is 11.3 Å². The van der Waals surface area contributed by atoms with Crippen LogP contribution in [0.15, 0.2) is 36.4 Å². The highest BCUT2D eigenvalue weighted by Crippen LogP contribution is 2.33. The first-order valence-corrected chi connectivity index (χ1v) is 6.10. The van der Waals surface area contributed by atoms with Crippen molar-refractivity contribution in [3.63, 3.8) is 0 Å². The van der Waals surface area contributed by atoms with Gasteiger partial charge in [-0.15, -0.1) is 0 Å². The van der Waals surface area contributed by atoms with Gasteiger partial charge in [0.05, 0.1) is 20.9 Å². The zero-order valence-electron chi connectivity index (χ0n) is 9.24. The fraction of sp³-hybridized carbons (Fsp3) is 0. The SMILES string of the molecule is Nc1cccc2[nH]nc(-c3ccc(Cl)c(Cl)c3)c12. The monoisotopic (exact) mass is 277 g/mol. The highest BCUT2D eigenvalue weighted by molar-refractivity contribution is 6.42. The number of halogens is 2. The number of rotatable bonds is 1. The van der Waals surface area contributed by atoms with Gasteiger partial charge in [0.2, 0.25) is 0 Å². The van der Waals surface area contributed by atoms with Crippen LogP contribution in [0.25, 0.3) is 22.2 Å². The van der Waals surface area contributed by atoms with E-state index in [1.165, 1.54) is 0 Å². The first-order valence-electron chi connectivity index (χ1n) is 5.35. The Balaban J connectivity index is 2.28. The molecule has 0 aliphatic heterocycles. The molecular weight excluding hydrogens is 269 g/mol. The molecule has 3 aromatic rings. The molecule has 5 heteroatoms. The molecule has 3 N–H and O–H groups in total. The summed E-state index contributed by atoms with van der Waals surface area (Å²) in [6, 6.07) is 11.1. The lowest BCUT2D eigenvalue weighted by Gasteiger charge is -2.02. The van der Waals surface area contributed by atoms with Crippen molar-refractivity contribution >= 4 is 39.8 Å². The number of hydrogen-bond acceptors (Lipinski definition) is 2. The summed E-state index contributed by atoms with van der Waals surface area (Å²) in [5.41, 5.74) is 9.23. The van der Waals surface area contributed by atoms with Gasteiger partial charge in [-0.1, -0.05) is 35.3 Å². The second-order valence-corrected chi connectivity index (χ2v) is 4.79. The van der Waals surface area contributed by atoms with E-state index in [9.17, 15) is 0 Å². The molecule has 0 saturated heterocycles. The molecule has 0 unspecified atom stereocenters. The number of aromatic nitrogens is 2. The Labute approximate surface area is 114 Å². The number of nitrogen functional groups attached to an aromatic ring is 1. The fourth-order valence-corrected chi connectivity index (χ4v) is 2.25. The summed E-state index contributed by atoms with van der Waals surface area (Å²) in [5, 5.41) is 9.17. The van der Waals surface area contributed by atoms with Crippen molar-refractivity contribution in [1.82, 2.24) is 10.2 Å². The van der Waals surface area contributed by atoms with Crippen molar-refractivity contribution in [2.24, 2.45) is 0 Å². The van der Waals surface area contributed by atoms with Gasteiger partial charge >= 0.3 is 0 Å². The van der Waals surface area contributed by atoms with Gasteiger partial charge < -0.3 is 5.73 Å². The lowest BCUT2D eigenvalue weighted by molar-refractivity contribution is 1.12. The minimum absolute atomic E-state index is 0.500. The normalized spacial score (nSPS) is 11.0. The molecule has 0 amide bonds. The van der Waals surface area contributed by atoms with Gasteiger partial charge in [-0.05, 0) is 24.3 Å². The maximum absolute atomic E-state index is 6.02. The van der Waals surface area contributed by atoms with Gasteiger partial charge in [-0.25, -0.2) is 0 Å². The number of nitrogens with two attached hydrogens (primary N) is 1. The van der Waals surface area contributed by atoms with E-state index < -0.39 is 0 Å². The molecule has 0 fully saturated rings. The van der Waals surface area contributed by atoms with E-state index in [2.05, 4.69) is 10.2 Å². The Hall–Kier alpha value is -1.71. The zero-order valence-corrected chi connectivity index (χ0v) is 10.8. The van der Waals surface area contributed by atoms with Gasteiger partial charge in [-0.2, -0.15) is 5.10 Å². The molecular formula is C13H9Cl2N3. The summed E-state index contributed by atoms with van der Waals surface area (Å²) in [4.78, 5) is 0. The average molecular weight is 278 g/mol. The number of aromatic amines is 1. The lowest BCUT2D eigenvalue weighted by atomic mass is 10.1. The van der Waals surface area contributed by atoms with Gasteiger partial charge in [0.15, 0.2) is 0 Å². The Morgan fingerprint density at radius 2 is 1.89 bits per heavy atom. The fourth-order valence-electron chi connectivity index (χ4n) is 1.95. The molecule has 0 aliphatic rings. The van der Waals surface area contributed by atoms with E-state index >= 15 is 0 Å². The van der Waals surface area contributed by atoms with Crippen LogP contribution in [0.5, 0.6) is 0 Å². The molecule has 3 rings (SSSR count). The average Bonchev–Trinajstić information content (AvgIpc) is 2.78. The van der Waals surface area contributed by atoms with E-state index in [0.717, 1.165) is 22.2 Å². The standard InChI is InChI=1S/C13H9Cl2N3/c14-8-5-4-7(6-9(8)15)13-12-10(16)2-1-3-11(12)17-18-13/h1-6H,16H2,(H,17,18). The number of nitrogens with one attached hydrogen (secondary N) is 1. The zero-order chi connectivity index (χ0) is 12.7. The van der Waals surface area contributed by atoms with Crippen molar-refractivity contribution in [3.05, 3.63) is 46.4 Å². The molecule has 0 bridgehead atoms. The van der Waals surface area contributed by atoms with E-state index in [-0.39, 0.29) is 0 Å². The van der Waals surface area contributed by atoms with Crippen LogP contribution in [0.3, 0.4) is 0 Å². The lowest BCUT2D eigenvalue weighted by Crippen LogP contribution is -1.86. The van der Waals surface area contributed by atoms with Gasteiger partial charge in [0.1, 0.15) is 5.69 Å². The minimum Gasteiger partial charge on any atom is -0.398 e. The summed E-state index contributed by atoms with van der Waals surface area (Å²) in [6.07, 6.45) is 0. The molecule has 1 aromatic heterocycles. The van der Waals surface area contributed by atoms with Crippen LogP contribution < -0.4 is 5.73 Å². The Bertz CT molecular complexity index is 734. The molecule has 0 atom stereocenters. The Kier molecular flexibility index (Phi) is 2.65. The number of benzene rings is 2. The minimum atomic E-state index is 0.500. The van der Waals surface area contributed by atoms with Crippen LogP contribution in [0.2, 0.25) is 10.0 Å². The molecule has 0 saturated carbocycles. The van der Waals surface area contributed by atoms with Crippen LogP contribution in [-0.2, 0) is 0 Å². The second-order valence-electron chi connectivity index (χ2n) is 3.97. The number of hydrogen-bond donors (Lipinski definition) is 2. The first-order chi connectivity index (χ1) is 8.66. The number of anilines is 1. The third-order valence-electron chi connectivity index (χ3n) is 2.81. The third kappa shape index (κ3) is 1.72. The molecule has 1 heterocycles. The Morgan fingerprint density at radius 1 is 1.06 bits per heavy atom. The van der Waals surface area contributed by atoms with E-state index in [1.807, 2.05) is 24.3 Å². The summed E-state index contributed by atoms with van der Waals surface area (Å²) in [5.74, 6) is 0. The van der Waals surface area contributed by atoms with E-state index in [1.54, 1.807) is 12.1 Å². The van der Waals surface area contributed by atoms with Crippen molar-refractivity contribution < 1.29 is 0 Å². The number of fused-ring (bicyclic) bond motifs is 1. The molecule has 2 aromatic carbocycles. The number of H-pyrrole nitrogens is 1. The topological polar surface area (TPSA) is 54.7 Å². The summed E-state index contributed by atoms with van der Waals surface area (Å²) < 4.78 is 0. The van der Waals surface area contributed by atoms with Gasteiger partial charge in [-0.3, -0.25) is 5.10 Å². The van der Waals surface area contributed by atoms with Crippen molar-refractivity contribution in [1.29, 1.82) is 0 Å². The first kappa shape index (κ1) is 11.4. The molecule has 18 heavy (non-hydrogen) atoms. The van der Waals surface area contributed by atoms with Crippen LogP contribution >= 0.6 is 23.2 Å². The Morgan fingerprint density at radius 3 is 2.67 bits per heavy atom.